The Kier molecular flexibility index (Phi) is 2.01. The Hall–Kier alpha value is -1.32. The molecule has 0 amide bonds. The van der Waals surface area contributed by atoms with E-state index in [1.807, 2.05) is 7.05 Å². The van der Waals surface area contributed by atoms with E-state index < -0.39 is 0 Å². The number of anilines is 2. The molecule has 0 aliphatic heterocycles. The lowest BCUT2D eigenvalue weighted by Gasteiger charge is -2.08. The number of hydrogen-bond acceptors (Lipinski definition) is 4. The van der Waals surface area contributed by atoms with Gasteiger partial charge in [-0.2, -0.15) is 4.98 Å². The molecule has 1 aromatic rings. The second kappa shape index (κ2) is 3.36. The molecule has 2 fully saturated rings. The van der Waals surface area contributed by atoms with Crippen molar-refractivity contribution in [3.8, 4) is 0 Å². The van der Waals surface area contributed by atoms with Crippen LogP contribution in [0.15, 0.2) is 6.07 Å². The SMILES string of the molecule is CNc1cc(C2CC2)nc(NC2CC2)n1. The number of hydrogen-bond donors (Lipinski definition) is 2. The number of aromatic nitrogens is 2. The van der Waals surface area contributed by atoms with Crippen molar-refractivity contribution >= 4 is 11.8 Å². The molecule has 2 saturated carbocycles. The van der Waals surface area contributed by atoms with Gasteiger partial charge in [0.2, 0.25) is 5.95 Å². The van der Waals surface area contributed by atoms with E-state index in [2.05, 4.69) is 26.7 Å². The molecule has 0 atom stereocenters. The van der Waals surface area contributed by atoms with E-state index in [9.17, 15) is 0 Å². The Morgan fingerprint density at radius 1 is 1.20 bits per heavy atom. The van der Waals surface area contributed by atoms with Crippen molar-refractivity contribution in [3.05, 3.63) is 11.8 Å². The summed E-state index contributed by atoms with van der Waals surface area (Å²) in [6, 6.07) is 2.68. The molecule has 15 heavy (non-hydrogen) atoms. The van der Waals surface area contributed by atoms with E-state index in [0.717, 1.165) is 11.8 Å². The summed E-state index contributed by atoms with van der Waals surface area (Å²) in [4.78, 5) is 8.97. The van der Waals surface area contributed by atoms with Crippen LogP contribution in [0.3, 0.4) is 0 Å². The fraction of sp³-hybridized carbons (Fsp3) is 0.636. The van der Waals surface area contributed by atoms with Crippen LogP contribution in [-0.2, 0) is 0 Å². The largest absolute Gasteiger partial charge is 0.373 e. The lowest BCUT2D eigenvalue weighted by atomic mass is 10.3. The minimum Gasteiger partial charge on any atom is -0.373 e. The molecule has 0 radical (unpaired) electrons. The van der Waals surface area contributed by atoms with Crippen LogP contribution in [0.4, 0.5) is 11.8 Å². The predicted molar refractivity (Wildman–Crippen MR) is 60.2 cm³/mol. The molecule has 1 heterocycles. The number of nitrogens with zero attached hydrogens (tertiary/aromatic N) is 2. The van der Waals surface area contributed by atoms with Gasteiger partial charge in [-0.15, -0.1) is 0 Å². The molecule has 4 heteroatoms. The third kappa shape index (κ3) is 2.03. The van der Waals surface area contributed by atoms with E-state index in [4.69, 9.17) is 0 Å². The second-order valence-corrected chi connectivity index (χ2v) is 4.44. The van der Waals surface area contributed by atoms with E-state index in [0.29, 0.717) is 12.0 Å². The molecule has 2 aliphatic rings. The van der Waals surface area contributed by atoms with E-state index >= 15 is 0 Å². The summed E-state index contributed by atoms with van der Waals surface area (Å²) < 4.78 is 0. The fourth-order valence-electron chi connectivity index (χ4n) is 1.66. The van der Waals surface area contributed by atoms with Crippen LogP contribution >= 0.6 is 0 Å². The van der Waals surface area contributed by atoms with Gasteiger partial charge in [-0.25, -0.2) is 4.98 Å². The number of rotatable bonds is 4. The van der Waals surface area contributed by atoms with E-state index in [-0.39, 0.29) is 0 Å². The first-order chi connectivity index (χ1) is 7.35. The molecule has 3 rings (SSSR count). The van der Waals surface area contributed by atoms with Gasteiger partial charge in [-0.3, -0.25) is 0 Å². The van der Waals surface area contributed by atoms with Gasteiger partial charge in [0.25, 0.3) is 0 Å². The quantitative estimate of drug-likeness (QED) is 0.787. The van der Waals surface area contributed by atoms with Crippen LogP contribution in [0, 0.1) is 0 Å². The molecule has 80 valence electrons. The summed E-state index contributed by atoms with van der Waals surface area (Å²) in [5.41, 5.74) is 1.19. The molecule has 0 bridgehead atoms. The van der Waals surface area contributed by atoms with Gasteiger partial charge >= 0.3 is 0 Å². The Morgan fingerprint density at radius 3 is 2.60 bits per heavy atom. The average Bonchev–Trinajstić information content (AvgIpc) is 3.10. The third-order valence-corrected chi connectivity index (χ3v) is 2.91. The lowest BCUT2D eigenvalue weighted by molar-refractivity contribution is 0.967. The van der Waals surface area contributed by atoms with Gasteiger partial charge in [0.15, 0.2) is 0 Å². The standard InChI is InChI=1S/C11H16N4/c1-12-10-6-9(7-2-3-7)14-11(15-10)13-8-4-5-8/h6-8H,2-5H2,1H3,(H2,12,13,14,15). The summed E-state index contributed by atoms with van der Waals surface area (Å²) in [6.45, 7) is 0. The van der Waals surface area contributed by atoms with Gasteiger partial charge in [0.05, 0.1) is 5.69 Å². The maximum atomic E-state index is 4.56. The van der Waals surface area contributed by atoms with Gasteiger partial charge in [0, 0.05) is 25.1 Å². The molecule has 0 aromatic carbocycles. The second-order valence-electron chi connectivity index (χ2n) is 4.44. The molecule has 2 N–H and O–H groups in total. The van der Waals surface area contributed by atoms with Crippen molar-refractivity contribution in [3.63, 3.8) is 0 Å². The molecular formula is C11H16N4. The smallest absolute Gasteiger partial charge is 0.225 e. The van der Waals surface area contributed by atoms with Crippen LogP contribution < -0.4 is 10.6 Å². The summed E-state index contributed by atoms with van der Waals surface area (Å²) >= 11 is 0. The van der Waals surface area contributed by atoms with Crippen molar-refractivity contribution < 1.29 is 0 Å². The Balaban J connectivity index is 1.86. The van der Waals surface area contributed by atoms with Gasteiger partial charge in [-0.1, -0.05) is 0 Å². The highest BCUT2D eigenvalue weighted by Gasteiger charge is 2.27. The molecule has 2 aliphatic carbocycles. The maximum Gasteiger partial charge on any atom is 0.225 e. The van der Waals surface area contributed by atoms with Gasteiger partial charge in [-0.05, 0) is 25.7 Å². The normalized spacial score (nSPS) is 20.1. The Bertz CT molecular complexity index is 369. The lowest BCUT2D eigenvalue weighted by Crippen LogP contribution is -2.08. The summed E-state index contributed by atoms with van der Waals surface area (Å²) in [7, 11) is 1.90. The van der Waals surface area contributed by atoms with Crippen LogP contribution in [0.25, 0.3) is 0 Å². The summed E-state index contributed by atoms with van der Waals surface area (Å²) in [6.07, 6.45) is 5.07. The minimum atomic E-state index is 0.615. The van der Waals surface area contributed by atoms with E-state index in [1.165, 1.54) is 31.4 Å². The van der Waals surface area contributed by atoms with Gasteiger partial charge < -0.3 is 10.6 Å². The zero-order chi connectivity index (χ0) is 10.3. The highest BCUT2D eigenvalue weighted by atomic mass is 15.2. The van der Waals surface area contributed by atoms with Crippen molar-refractivity contribution in [1.29, 1.82) is 0 Å². The Labute approximate surface area is 89.5 Å². The van der Waals surface area contributed by atoms with Crippen LogP contribution in [-0.4, -0.2) is 23.1 Å². The molecular weight excluding hydrogens is 188 g/mol. The number of nitrogens with one attached hydrogen (secondary N) is 2. The predicted octanol–water partition coefficient (Wildman–Crippen LogP) is 1.97. The highest BCUT2D eigenvalue weighted by molar-refractivity contribution is 5.44. The molecule has 0 saturated heterocycles. The van der Waals surface area contributed by atoms with Crippen molar-refractivity contribution in [1.82, 2.24) is 9.97 Å². The monoisotopic (exact) mass is 204 g/mol. The maximum absolute atomic E-state index is 4.56. The topological polar surface area (TPSA) is 49.8 Å². The van der Waals surface area contributed by atoms with Crippen LogP contribution in [0.1, 0.15) is 37.3 Å². The minimum absolute atomic E-state index is 0.615. The van der Waals surface area contributed by atoms with Crippen molar-refractivity contribution in [2.45, 2.75) is 37.6 Å². The summed E-state index contributed by atoms with van der Waals surface area (Å²) in [5, 5.41) is 6.44. The first-order valence-electron chi connectivity index (χ1n) is 5.68. The zero-order valence-electron chi connectivity index (χ0n) is 8.95. The van der Waals surface area contributed by atoms with E-state index in [1.54, 1.807) is 0 Å². The van der Waals surface area contributed by atoms with Crippen LogP contribution in [0.2, 0.25) is 0 Å². The first-order valence-corrected chi connectivity index (χ1v) is 5.68. The average molecular weight is 204 g/mol. The molecule has 4 nitrogen and oxygen atoms in total. The molecule has 0 spiro atoms. The molecule has 1 aromatic heterocycles. The first kappa shape index (κ1) is 8.95. The zero-order valence-corrected chi connectivity index (χ0v) is 8.95. The fourth-order valence-corrected chi connectivity index (χ4v) is 1.66. The molecule has 0 unspecified atom stereocenters. The van der Waals surface area contributed by atoms with Crippen molar-refractivity contribution in [2.75, 3.05) is 17.7 Å². The van der Waals surface area contributed by atoms with Crippen molar-refractivity contribution in [2.24, 2.45) is 0 Å². The Morgan fingerprint density at radius 2 is 2.00 bits per heavy atom. The van der Waals surface area contributed by atoms with Gasteiger partial charge in [0.1, 0.15) is 5.82 Å². The highest BCUT2D eigenvalue weighted by Crippen LogP contribution is 2.40. The summed E-state index contributed by atoms with van der Waals surface area (Å²) in [5.74, 6) is 2.40. The third-order valence-electron chi connectivity index (χ3n) is 2.91. The van der Waals surface area contributed by atoms with Crippen LogP contribution in [0.5, 0.6) is 0 Å².